The molecule has 0 aromatic rings. The van der Waals surface area contributed by atoms with Crippen molar-refractivity contribution in [3.63, 3.8) is 0 Å². The molecule has 4 heteroatoms. The Morgan fingerprint density at radius 3 is 1.95 bits per heavy atom. The Hall–Kier alpha value is -0.610. The van der Waals surface area contributed by atoms with Gasteiger partial charge in [0, 0.05) is 13.2 Å². The third-order valence-corrected chi connectivity index (χ3v) is 1.92. The predicted octanol–water partition coefficient (Wildman–Crippen LogP) is 2.86. The molecule has 0 aliphatic rings. The molecule has 0 aromatic heterocycles. The van der Waals surface area contributed by atoms with Crippen molar-refractivity contribution in [2.24, 2.45) is 11.8 Å². The second kappa shape index (κ2) is 17.4. The minimum absolute atomic E-state index is 0.550. The molecule has 0 aliphatic carbocycles. The minimum Gasteiger partial charge on any atom is -0.379 e. The summed E-state index contributed by atoms with van der Waals surface area (Å²) in [7, 11) is 0. The molecule has 0 aliphatic heterocycles. The maximum absolute atomic E-state index is 9.88. The Morgan fingerprint density at radius 2 is 1.47 bits per heavy atom. The molecule has 0 spiro atoms. The fraction of sp³-hybridized carbons (Fsp3) is 0.933. The summed E-state index contributed by atoms with van der Waals surface area (Å²) >= 11 is 0. The van der Waals surface area contributed by atoms with Crippen molar-refractivity contribution in [2.45, 2.75) is 47.5 Å². The molecular formula is C15H33NO3. The van der Waals surface area contributed by atoms with E-state index in [1.54, 1.807) is 0 Å². The van der Waals surface area contributed by atoms with E-state index in [-0.39, 0.29) is 0 Å². The molecule has 0 aromatic carbocycles. The Balaban J connectivity index is 0. The van der Waals surface area contributed by atoms with Gasteiger partial charge in [0.25, 0.3) is 0 Å². The summed E-state index contributed by atoms with van der Waals surface area (Å²) in [6.45, 7) is 14.1. The molecule has 1 N–H and O–H groups in total. The van der Waals surface area contributed by atoms with Crippen LogP contribution in [0.2, 0.25) is 0 Å². The fourth-order valence-electron chi connectivity index (χ4n) is 1.11. The number of ether oxygens (including phenoxy) is 2. The van der Waals surface area contributed by atoms with E-state index >= 15 is 0 Å². The highest BCUT2D eigenvalue weighted by molar-refractivity contribution is 5.45. The van der Waals surface area contributed by atoms with E-state index in [1.807, 2.05) is 0 Å². The molecule has 0 rings (SSSR count). The zero-order valence-electron chi connectivity index (χ0n) is 13.4. The van der Waals surface area contributed by atoms with Crippen molar-refractivity contribution < 1.29 is 14.3 Å². The van der Waals surface area contributed by atoms with E-state index in [0.717, 1.165) is 24.9 Å². The lowest BCUT2D eigenvalue weighted by molar-refractivity contribution is -0.109. The highest BCUT2D eigenvalue weighted by atomic mass is 16.5. The summed E-state index contributed by atoms with van der Waals surface area (Å²) in [6.07, 6.45) is 3.00. The molecule has 4 nitrogen and oxygen atoms in total. The largest absolute Gasteiger partial charge is 0.379 e. The van der Waals surface area contributed by atoms with E-state index in [0.29, 0.717) is 32.8 Å². The van der Waals surface area contributed by atoms with Gasteiger partial charge in [-0.3, -0.25) is 4.79 Å². The van der Waals surface area contributed by atoms with Crippen LogP contribution in [-0.2, 0) is 14.3 Å². The van der Waals surface area contributed by atoms with Gasteiger partial charge in [-0.2, -0.15) is 0 Å². The molecule has 0 fully saturated rings. The van der Waals surface area contributed by atoms with Gasteiger partial charge < -0.3 is 14.8 Å². The standard InChI is InChI=1S/C11H23NO3.C4H10/c1-11(2)4-3-6-14-8-9-15-7-5-12-10-13;1-4(2)3/h10-11H,3-9H2,1-2H3,(H,12,13);4H,1-3H3. The van der Waals surface area contributed by atoms with Gasteiger partial charge in [0.15, 0.2) is 0 Å². The van der Waals surface area contributed by atoms with Gasteiger partial charge >= 0.3 is 0 Å². The molecule has 0 atom stereocenters. The van der Waals surface area contributed by atoms with Crippen LogP contribution in [-0.4, -0.2) is 39.4 Å². The fourth-order valence-corrected chi connectivity index (χ4v) is 1.11. The van der Waals surface area contributed by atoms with E-state index < -0.39 is 0 Å². The summed E-state index contributed by atoms with van der Waals surface area (Å²) < 4.78 is 10.6. The van der Waals surface area contributed by atoms with Gasteiger partial charge in [-0.05, 0) is 24.7 Å². The molecule has 0 saturated carbocycles. The first kappa shape index (κ1) is 20.7. The summed E-state index contributed by atoms with van der Waals surface area (Å²) in [5.41, 5.74) is 0. The summed E-state index contributed by atoms with van der Waals surface area (Å²) in [6, 6.07) is 0. The molecule has 116 valence electrons. The SMILES string of the molecule is CC(C)C.CC(C)CCCOCCOCCNC=O. The van der Waals surface area contributed by atoms with Crippen molar-refractivity contribution >= 4 is 6.41 Å². The second-order valence-electron chi connectivity index (χ2n) is 5.56. The van der Waals surface area contributed by atoms with Crippen LogP contribution in [0.1, 0.15) is 47.5 Å². The first-order valence-corrected chi connectivity index (χ1v) is 7.33. The lowest BCUT2D eigenvalue weighted by Gasteiger charge is -2.06. The topological polar surface area (TPSA) is 47.6 Å². The Labute approximate surface area is 119 Å². The Morgan fingerprint density at radius 1 is 0.947 bits per heavy atom. The highest BCUT2D eigenvalue weighted by Gasteiger charge is 1.94. The van der Waals surface area contributed by atoms with Crippen molar-refractivity contribution in [2.75, 3.05) is 33.0 Å². The average molecular weight is 275 g/mol. The number of carbonyl (C=O) groups excluding carboxylic acids is 1. The minimum atomic E-state index is 0.550. The maximum Gasteiger partial charge on any atom is 0.207 e. The number of hydrogen-bond acceptors (Lipinski definition) is 3. The predicted molar refractivity (Wildman–Crippen MR) is 80.3 cm³/mol. The van der Waals surface area contributed by atoms with E-state index in [9.17, 15) is 4.79 Å². The smallest absolute Gasteiger partial charge is 0.207 e. The third kappa shape index (κ3) is 31.7. The quantitative estimate of drug-likeness (QED) is 0.466. The molecule has 0 saturated heterocycles. The molecule has 1 amide bonds. The number of hydrogen-bond donors (Lipinski definition) is 1. The Bertz CT molecular complexity index is 170. The lowest BCUT2D eigenvalue weighted by Crippen LogP contribution is -2.18. The van der Waals surface area contributed by atoms with Crippen LogP contribution in [0.4, 0.5) is 0 Å². The molecule has 0 radical (unpaired) electrons. The van der Waals surface area contributed by atoms with Crippen LogP contribution in [0, 0.1) is 11.8 Å². The normalized spacial score (nSPS) is 10.3. The van der Waals surface area contributed by atoms with E-state index in [1.165, 1.54) is 6.42 Å². The van der Waals surface area contributed by atoms with Crippen LogP contribution in [0.25, 0.3) is 0 Å². The molecule has 0 bridgehead atoms. The van der Waals surface area contributed by atoms with Crippen LogP contribution in [0.3, 0.4) is 0 Å². The zero-order valence-corrected chi connectivity index (χ0v) is 13.4. The number of nitrogens with one attached hydrogen (secondary N) is 1. The van der Waals surface area contributed by atoms with Crippen molar-refractivity contribution in [1.29, 1.82) is 0 Å². The van der Waals surface area contributed by atoms with Crippen LogP contribution < -0.4 is 5.32 Å². The molecule has 19 heavy (non-hydrogen) atoms. The first-order chi connectivity index (χ1) is 9.00. The Kier molecular flexibility index (Phi) is 18.9. The van der Waals surface area contributed by atoms with E-state index in [4.69, 9.17) is 9.47 Å². The van der Waals surface area contributed by atoms with Crippen LogP contribution in [0.15, 0.2) is 0 Å². The number of amides is 1. The monoisotopic (exact) mass is 275 g/mol. The summed E-state index contributed by atoms with van der Waals surface area (Å²) in [5.74, 6) is 1.58. The van der Waals surface area contributed by atoms with Crippen molar-refractivity contribution in [3.8, 4) is 0 Å². The lowest BCUT2D eigenvalue weighted by atomic mass is 10.1. The third-order valence-electron chi connectivity index (χ3n) is 1.92. The summed E-state index contributed by atoms with van der Waals surface area (Å²) in [5, 5.41) is 2.53. The zero-order chi connectivity index (χ0) is 14.9. The highest BCUT2D eigenvalue weighted by Crippen LogP contribution is 2.02. The number of carbonyl (C=O) groups is 1. The average Bonchev–Trinajstić information content (AvgIpc) is 2.30. The van der Waals surface area contributed by atoms with Crippen molar-refractivity contribution in [1.82, 2.24) is 5.32 Å². The van der Waals surface area contributed by atoms with Gasteiger partial charge in [-0.1, -0.05) is 34.6 Å². The van der Waals surface area contributed by atoms with Gasteiger partial charge in [0.05, 0.1) is 19.8 Å². The van der Waals surface area contributed by atoms with Crippen LogP contribution >= 0.6 is 0 Å². The van der Waals surface area contributed by atoms with Crippen LogP contribution in [0.5, 0.6) is 0 Å². The van der Waals surface area contributed by atoms with Gasteiger partial charge in [-0.15, -0.1) is 0 Å². The number of rotatable bonds is 11. The van der Waals surface area contributed by atoms with E-state index in [2.05, 4.69) is 39.9 Å². The molecule has 0 unspecified atom stereocenters. The second-order valence-corrected chi connectivity index (χ2v) is 5.56. The molecular weight excluding hydrogens is 242 g/mol. The van der Waals surface area contributed by atoms with Gasteiger partial charge in [0.2, 0.25) is 6.41 Å². The maximum atomic E-state index is 9.88. The molecule has 0 heterocycles. The van der Waals surface area contributed by atoms with Gasteiger partial charge in [0.1, 0.15) is 0 Å². The van der Waals surface area contributed by atoms with Gasteiger partial charge in [-0.25, -0.2) is 0 Å². The summed E-state index contributed by atoms with van der Waals surface area (Å²) in [4.78, 5) is 9.88. The van der Waals surface area contributed by atoms with Crippen molar-refractivity contribution in [3.05, 3.63) is 0 Å². The first-order valence-electron chi connectivity index (χ1n) is 7.33.